The smallest absolute Gasteiger partial charge is 0.0722 e. The van der Waals surface area contributed by atoms with Crippen LogP contribution in [0.2, 0.25) is 0 Å². The van der Waals surface area contributed by atoms with Crippen molar-refractivity contribution in [3.05, 3.63) is 0 Å². The SMILES string of the molecule is CCNCC(OCCCOC)C(C)C. The fraction of sp³-hybridized carbons (Fsp3) is 1.00. The van der Waals surface area contributed by atoms with E-state index in [0.29, 0.717) is 12.0 Å². The molecule has 0 bridgehead atoms. The van der Waals surface area contributed by atoms with E-state index >= 15 is 0 Å². The van der Waals surface area contributed by atoms with E-state index in [1.165, 1.54) is 0 Å². The van der Waals surface area contributed by atoms with E-state index in [2.05, 4.69) is 26.1 Å². The van der Waals surface area contributed by atoms with E-state index < -0.39 is 0 Å². The first-order valence-electron chi connectivity index (χ1n) is 5.53. The lowest BCUT2D eigenvalue weighted by atomic mass is 10.1. The number of methoxy groups -OCH3 is 1. The first-order chi connectivity index (χ1) is 6.72. The summed E-state index contributed by atoms with van der Waals surface area (Å²) >= 11 is 0. The molecule has 0 amide bonds. The second-order valence-electron chi connectivity index (χ2n) is 3.81. The summed E-state index contributed by atoms with van der Waals surface area (Å²) in [5.74, 6) is 0.566. The minimum Gasteiger partial charge on any atom is -0.385 e. The fourth-order valence-electron chi connectivity index (χ4n) is 1.21. The Labute approximate surface area is 88.2 Å². The molecule has 1 N–H and O–H groups in total. The average Bonchev–Trinajstić information content (AvgIpc) is 2.16. The highest BCUT2D eigenvalue weighted by Crippen LogP contribution is 2.05. The number of hydrogen-bond donors (Lipinski definition) is 1. The van der Waals surface area contributed by atoms with Gasteiger partial charge in [0.25, 0.3) is 0 Å². The van der Waals surface area contributed by atoms with E-state index in [4.69, 9.17) is 9.47 Å². The van der Waals surface area contributed by atoms with Gasteiger partial charge in [-0.1, -0.05) is 20.8 Å². The van der Waals surface area contributed by atoms with Crippen molar-refractivity contribution in [3.8, 4) is 0 Å². The summed E-state index contributed by atoms with van der Waals surface area (Å²) in [6, 6.07) is 0. The molecule has 0 heterocycles. The van der Waals surface area contributed by atoms with E-state index in [9.17, 15) is 0 Å². The molecular weight excluding hydrogens is 178 g/mol. The van der Waals surface area contributed by atoms with Crippen LogP contribution in [0.3, 0.4) is 0 Å². The van der Waals surface area contributed by atoms with Crippen LogP contribution in [0.4, 0.5) is 0 Å². The van der Waals surface area contributed by atoms with Crippen molar-refractivity contribution in [2.24, 2.45) is 5.92 Å². The summed E-state index contributed by atoms with van der Waals surface area (Å²) in [6.45, 7) is 10.0. The fourth-order valence-corrected chi connectivity index (χ4v) is 1.21. The third-order valence-corrected chi connectivity index (χ3v) is 2.16. The molecule has 0 aromatic heterocycles. The molecule has 0 spiro atoms. The highest BCUT2D eigenvalue weighted by atomic mass is 16.5. The molecule has 0 rings (SSSR count). The van der Waals surface area contributed by atoms with Crippen LogP contribution in [0.5, 0.6) is 0 Å². The topological polar surface area (TPSA) is 30.5 Å². The molecule has 0 saturated heterocycles. The molecule has 0 saturated carbocycles. The van der Waals surface area contributed by atoms with Gasteiger partial charge in [-0.05, 0) is 18.9 Å². The van der Waals surface area contributed by atoms with Gasteiger partial charge < -0.3 is 14.8 Å². The van der Waals surface area contributed by atoms with E-state index in [-0.39, 0.29) is 0 Å². The zero-order valence-corrected chi connectivity index (χ0v) is 10.0. The van der Waals surface area contributed by atoms with Gasteiger partial charge in [-0.2, -0.15) is 0 Å². The Hall–Kier alpha value is -0.120. The van der Waals surface area contributed by atoms with Gasteiger partial charge in [0, 0.05) is 26.9 Å². The van der Waals surface area contributed by atoms with Crippen molar-refractivity contribution in [2.75, 3.05) is 33.4 Å². The van der Waals surface area contributed by atoms with Crippen LogP contribution in [0.25, 0.3) is 0 Å². The van der Waals surface area contributed by atoms with Crippen molar-refractivity contribution < 1.29 is 9.47 Å². The Morgan fingerprint density at radius 3 is 2.43 bits per heavy atom. The van der Waals surface area contributed by atoms with Crippen LogP contribution < -0.4 is 5.32 Å². The van der Waals surface area contributed by atoms with Gasteiger partial charge in [0.05, 0.1) is 6.10 Å². The van der Waals surface area contributed by atoms with Gasteiger partial charge in [-0.15, -0.1) is 0 Å². The number of hydrogen-bond acceptors (Lipinski definition) is 3. The lowest BCUT2D eigenvalue weighted by Crippen LogP contribution is -2.33. The molecule has 0 fully saturated rings. The predicted octanol–water partition coefficient (Wildman–Crippen LogP) is 1.67. The highest BCUT2D eigenvalue weighted by Gasteiger charge is 2.12. The molecule has 3 nitrogen and oxygen atoms in total. The maximum absolute atomic E-state index is 5.77. The summed E-state index contributed by atoms with van der Waals surface area (Å²) in [5.41, 5.74) is 0. The molecule has 3 heteroatoms. The quantitative estimate of drug-likeness (QED) is 0.578. The summed E-state index contributed by atoms with van der Waals surface area (Å²) < 4.78 is 10.7. The molecule has 1 atom stereocenters. The minimum atomic E-state index is 0.326. The van der Waals surface area contributed by atoms with Gasteiger partial charge in [-0.25, -0.2) is 0 Å². The Kier molecular flexibility index (Phi) is 9.35. The normalized spacial score (nSPS) is 13.5. The highest BCUT2D eigenvalue weighted by molar-refractivity contribution is 4.65. The summed E-state index contributed by atoms with van der Waals surface area (Å²) in [5, 5.41) is 3.31. The van der Waals surface area contributed by atoms with Crippen molar-refractivity contribution in [3.63, 3.8) is 0 Å². The number of likely N-dealkylation sites (N-methyl/N-ethyl adjacent to an activating group) is 1. The molecule has 86 valence electrons. The van der Waals surface area contributed by atoms with E-state index in [1.807, 2.05) is 0 Å². The van der Waals surface area contributed by atoms with E-state index in [0.717, 1.165) is 32.7 Å². The van der Waals surface area contributed by atoms with Crippen LogP contribution in [0.1, 0.15) is 27.2 Å². The maximum Gasteiger partial charge on any atom is 0.0722 e. The molecule has 0 aromatic carbocycles. The second-order valence-corrected chi connectivity index (χ2v) is 3.81. The molecule has 0 aliphatic carbocycles. The zero-order valence-electron chi connectivity index (χ0n) is 10.0. The van der Waals surface area contributed by atoms with Crippen LogP contribution in [-0.4, -0.2) is 39.5 Å². The first-order valence-corrected chi connectivity index (χ1v) is 5.53. The molecule has 0 aliphatic heterocycles. The van der Waals surface area contributed by atoms with Crippen molar-refractivity contribution >= 4 is 0 Å². The Balaban J connectivity index is 3.52. The zero-order chi connectivity index (χ0) is 10.8. The van der Waals surface area contributed by atoms with Gasteiger partial charge in [0.2, 0.25) is 0 Å². The lowest BCUT2D eigenvalue weighted by molar-refractivity contribution is 0.0134. The monoisotopic (exact) mass is 203 g/mol. The van der Waals surface area contributed by atoms with Gasteiger partial charge in [-0.3, -0.25) is 0 Å². The van der Waals surface area contributed by atoms with Crippen LogP contribution in [0, 0.1) is 5.92 Å². The number of ether oxygens (including phenoxy) is 2. The molecule has 1 unspecified atom stereocenters. The average molecular weight is 203 g/mol. The molecule has 14 heavy (non-hydrogen) atoms. The van der Waals surface area contributed by atoms with Crippen LogP contribution in [0.15, 0.2) is 0 Å². The van der Waals surface area contributed by atoms with Gasteiger partial charge >= 0.3 is 0 Å². The van der Waals surface area contributed by atoms with Crippen LogP contribution >= 0.6 is 0 Å². The lowest BCUT2D eigenvalue weighted by Gasteiger charge is -2.21. The maximum atomic E-state index is 5.77. The summed E-state index contributed by atoms with van der Waals surface area (Å²) in [6.07, 6.45) is 1.30. The van der Waals surface area contributed by atoms with Crippen molar-refractivity contribution in [1.82, 2.24) is 5.32 Å². The Morgan fingerprint density at radius 1 is 1.21 bits per heavy atom. The van der Waals surface area contributed by atoms with Crippen LogP contribution in [-0.2, 0) is 9.47 Å². The minimum absolute atomic E-state index is 0.326. The van der Waals surface area contributed by atoms with Gasteiger partial charge in [0.15, 0.2) is 0 Å². The van der Waals surface area contributed by atoms with Crippen molar-refractivity contribution in [2.45, 2.75) is 33.3 Å². The van der Waals surface area contributed by atoms with Gasteiger partial charge in [0.1, 0.15) is 0 Å². The largest absolute Gasteiger partial charge is 0.385 e. The number of nitrogens with one attached hydrogen (secondary N) is 1. The van der Waals surface area contributed by atoms with Crippen molar-refractivity contribution in [1.29, 1.82) is 0 Å². The molecule has 0 radical (unpaired) electrons. The third kappa shape index (κ3) is 7.30. The second kappa shape index (κ2) is 9.44. The third-order valence-electron chi connectivity index (χ3n) is 2.16. The van der Waals surface area contributed by atoms with E-state index in [1.54, 1.807) is 7.11 Å². The Morgan fingerprint density at radius 2 is 1.93 bits per heavy atom. The summed E-state index contributed by atoms with van der Waals surface area (Å²) in [7, 11) is 1.72. The first kappa shape index (κ1) is 13.9. The molecule has 0 aliphatic rings. The standard InChI is InChI=1S/C11H25NO2/c1-5-12-9-11(10(2)3)14-8-6-7-13-4/h10-12H,5-9H2,1-4H3. The predicted molar refractivity (Wildman–Crippen MR) is 59.6 cm³/mol. The number of rotatable bonds is 9. The molecule has 0 aromatic rings. The summed E-state index contributed by atoms with van der Waals surface area (Å²) in [4.78, 5) is 0. The molecular formula is C11H25NO2. The Bertz CT molecular complexity index is 118.